The van der Waals surface area contributed by atoms with E-state index in [9.17, 15) is 0 Å². The van der Waals surface area contributed by atoms with Gasteiger partial charge in [-0.2, -0.15) is 0 Å². The number of aromatic nitrogens is 2. The largest absolute Gasteiger partial charge is 0 e. The summed E-state index contributed by atoms with van der Waals surface area (Å²) in [6.07, 6.45) is 3.84. The van der Waals surface area contributed by atoms with Crippen LogP contribution < -0.4 is 8.79 Å². The Hall–Kier alpha value is -3.28. The van der Waals surface area contributed by atoms with Crippen molar-refractivity contribution < 1.29 is 25.9 Å². The van der Waals surface area contributed by atoms with Crippen LogP contribution in [-0.2, 0) is 20.1 Å². The molecule has 0 aliphatic heterocycles. The molecule has 0 aliphatic carbocycles. The van der Waals surface area contributed by atoms with Crippen LogP contribution in [0.1, 0.15) is 40.5 Å². The predicted molar refractivity (Wildman–Crippen MR) is 224 cm³/mol. The van der Waals surface area contributed by atoms with Crippen molar-refractivity contribution in [2.75, 3.05) is 0 Å². The van der Waals surface area contributed by atoms with Gasteiger partial charge in [-0.3, -0.25) is 0 Å². The van der Waals surface area contributed by atoms with Gasteiger partial charge >= 0.3 is 255 Å². The molecule has 0 fully saturated rings. The number of hydrogen-bond donors (Lipinski definition) is 0. The minimum absolute atomic E-state index is 0. The summed E-state index contributed by atoms with van der Waals surface area (Å²) in [5.41, 5.74) is 8.65. The molecular formula is C46H50Ge2IrN2O-2. The molecule has 7 aromatic rings. The maximum atomic E-state index is 8.99. The quantitative estimate of drug-likeness (QED) is 0.123. The SMILES string of the molecule is [2H]C(C)(c1ccnc(-c2[c-]cc3oc4ccc(-c5cc[c]([Ge]([CH3])([CH3])[CH3])cc5)cc4c3c2)c1)C(C)(C)C.[CH3][Ge]([CH3])([CH3])[c]1ccc(-c2[c-]cccc2)nc1.[Ir]. The van der Waals surface area contributed by atoms with Gasteiger partial charge in [0.05, 0.1) is 0 Å². The maximum Gasteiger partial charge on any atom is 0 e. The minimum Gasteiger partial charge on any atom is 0 e. The van der Waals surface area contributed by atoms with Gasteiger partial charge in [0, 0.05) is 27.7 Å². The van der Waals surface area contributed by atoms with Crippen LogP contribution >= 0.6 is 0 Å². The second kappa shape index (κ2) is 16.0. The Morgan fingerprint density at radius 3 is 1.96 bits per heavy atom. The number of benzene rings is 4. The van der Waals surface area contributed by atoms with E-state index in [1.807, 2.05) is 55.6 Å². The van der Waals surface area contributed by atoms with E-state index < -0.39 is 32.4 Å². The predicted octanol–water partition coefficient (Wildman–Crippen LogP) is 11.9. The molecule has 3 heterocycles. The van der Waals surface area contributed by atoms with E-state index in [1.165, 1.54) is 19.9 Å². The van der Waals surface area contributed by atoms with Crippen molar-refractivity contribution >= 4 is 57.3 Å². The zero-order chi connectivity index (χ0) is 37.5. The molecule has 0 N–H and O–H groups in total. The third-order valence-corrected chi connectivity index (χ3v) is 18.3. The maximum absolute atomic E-state index is 8.99. The summed E-state index contributed by atoms with van der Waals surface area (Å²) in [6.45, 7) is 8.29. The third kappa shape index (κ3) is 9.25. The van der Waals surface area contributed by atoms with Gasteiger partial charge in [-0.15, -0.1) is 0 Å². The Bertz CT molecular complexity index is 2310. The zero-order valence-corrected chi connectivity index (χ0v) is 38.7. The first kappa shape index (κ1) is 38.4. The van der Waals surface area contributed by atoms with E-state index in [2.05, 4.69) is 138 Å². The standard InChI is InChI=1S/C32H34GeNO.C14H16GeN.Ir/c1-21(32(2,3)4)23-16-17-34-29(20-23)25-11-15-31-28(19-25)27-18-24(10-14-30(27)35-31)22-8-12-26(13-9-22)33(5,6)7;1-15(2,3)13-9-10-14(16-11-13)12-7-5-4-6-8-12;/h8-10,12-21H,1-7H3;4-7,9-11H,1-3H3;/q2*-1;/i21D;;. The summed E-state index contributed by atoms with van der Waals surface area (Å²) >= 11 is -3.55. The van der Waals surface area contributed by atoms with Crippen molar-refractivity contribution in [1.29, 1.82) is 0 Å². The van der Waals surface area contributed by atoms with E-state index in [1.54, 1.807) is 6.20 Å². The molecule has 52 heavy (non-hydrogen) atoms. The Morgan fingerprint density at radius 1 is 0.673 bits per heavy atom. The van der Waals surface area contributed by atoms with E-state index in [0.717, 1.165) is 50.0 Å². The van der Waals surface area contributed by atoms with Gasteiger partial charge in [0.25, 0.3) is 0 Å². The van der Waals surface area contributed by atoms with Crippen molar-refractivity contribution in [2.24, 2.45) is 5.41 Å². The number of furan rings is 1. The summed E-state index contributed by atoms with van der Waals surface area (Å²) in [4.78, 5) is 9.16. The van der Waals surface area contributed by atoms with E-state index >= 15 is 0 Å². The van der Waals surface area contributed by atoms with Crippen LogP contribution in [0.15, 0.2) is 120 Å². The summed E-state index contributed by atoms with van der Waals surface area (Å²) in [5, 5.41) is 2.14. The van der Waals surface area contributed by atoms with Crippen LogP contribution in [0, 0.1) is 17.5 Å². The number of fused-ring (bicyclic) bond motifs is 3. The van der Waals surface area contributed by atoms with Gasteiger partial charge in [-0.25, -0.2) is 0 Å². The average molecular weight is 985 g/mol. The van der Waals surface area contributed by atoms with Crippen molar-refractivity contribution in [3.8, 4) is 33.6 Å². The fraction of sp³-hybridized carbons (Fsp3) is 0.261. The normalized spacial score (nSPS) is 13.5. The fourth-order valence-corrected chi connectivity index (χ4v) is 10.6. The molecule has 4 aromatic carbocycles. The summed E-state index contributed by atoms with van der Waals surface area (Å²) in [7, 11) is 0. The molecule has 3 aromatic heterocycles. The van der Waals surface area contributed by atoms with Crippen molar-refractivity contribution in [2.45, 2.75) is 68.1 Å². The van der Waals surface area contributed by atoms with Crippen LogP contribution in [0.2, 0.25) is 34.5 Å². The Kier molecular flexibility index (Phi) is 11.8. The second-order valence-electron chi connectivity index (χ2n) is 16.5. The first-order chi connectivity index (χ1) is 24.4. The minimum atomic E-state index is -1.84. The van der Waals surface area contributed by atoms with Crippen molar-refractivity contribution in [1.82, 2.24) is 9.97 Å². The van der Waals surface area contributed by atoms with E-state index in [4.69, 9.17) is 5.79 Å². The van der Waals surface area contributed by atoms with E-state index in [-0.39, 0.29) is 25.5 Å². The molecule has 269 valence electrons. The molecule has 0 saturated carbocycles. The number of rotatable bonds is 6. The van der Waals surface area contributed by atoms with Gasteiger partial charge < -0.3 is 0 Å². The third-order valence-electron chi connectivity index (χ3n) is 9.70. The van der Waals surface area contributed by atoms with Crippen LogP contribution in [-0.4, -0.2) is 36.5 Å². The molecule has 0 saturated heterocycles. The van der Waals surface area contributed by atoms with Crippen LogP contribution in [0.4, 0.5) is 0 Å². The van der Waals surface area contributed by atoms with Gasteiger partial charge in [0.2, 0.25) is 0 Å². The first-order valence-electron chi connectivity index (χ1n) is 18.3. The van der Waals surface area contributed by atoms with Gasteiger partial charge in [-0.05, 0) is 17.4 Å². The zero-order valence-electron chi connectivity index (χ0n) is 33.1. The second-order valence-corrected chi connectivity index (χ2v) is 37.8. The molecule has 0 spiro atoms. The number of hydrogen-bond acceptors (Lipinski definition) is 3. The van der Waals surface area contributed by atoms with Crippen molar-refractivity contribution in [3.05, 3.63) is 133 Å². The van der Waals surface area contributed by atoms with Gasteiger partial charge in [0.15, 0.2) is 0 Å². The fourth-order valence-electron chi connectivity index (χ4n) is 6.00. The summed E-state index contributed by atoms with van der Waals surface area (Å²) in [5.74, 6) is 13.7. The van der Waals surface area contributed by atoms with Crippen molar-refractivity contribution in [3.63, 3.8) is 0 Å². The summed E-state index contributed by atoms with van der Waals surface area (Å²) < 4.78 is 18.1. The molecule has 7 rings (SSSR count). The van der Waals surface area contributed by atoms with E-state index in [0.29, 0.717) is 0 Å². The van der Waals surface area contributed by atoms with Gasteiger partial charge in [0.1, 0.15) is 0 Å². The molecule has 0 aliphatic rings. The molecular weight excluding hydrogens is 934 g/mol. The number of nitrogens with zero attached hydrogens (tertiary/aromatic N) is 2. The van der Waals surface area contributed by atoms with Crippen LogP contribution in [0.5, 0.6) is 0 Å². The van der Waals surface area contributed by atoms with Gasteiger partial charge in [-0.1, -0.05) is 33.3 Å². The molecule has 0 amide bonds. The monoisotopic (exact) mass is 988 g/mol. The Labute approximate surface area is 331 Å². The molecule has 6 heteroatoms. The Morgan fingerprint density at radius 2 is 1.35 bits per heavy atom. The Balaban J connectivity index is 0.000000267. The molecule has 3 nitrogen and oxygen atoms in total. The molecule has 1 radical (unpaired) electrons. The van der Waals surface area contributed by atoms with Crippen LogP contribution in [0.25, 0.3) is 55.6 Å². The topological polar surface area (TPSA) is 38.9 Å². The number of pyridine rings is 2. The summed E-state index contributed by atoms with van der Waals surface area (Å²) in [6, 6.07) is 42.4. The molecule has 0 bridgehead atoms. The smallest absolute Gasteiger partial charge is 0 e. The molecule has 1 atom stereocenters. The molecule has 1 unspecified atom stereocenters. The average Bonchev–Trinajstić information content (AvgIpc) is 3.48. The first-order valence-corrected chi connectivity index (χ1v) is 32.5. The van der Waals surface area contributed by atoms with Crippen LogP contribution in [0.3, 0.4) is 0 Å².